The van der Waals surface area contributed by atoms with E-state index < -0.39 is 0 Å². The minimum atomic E-state index is -0.303. The fourth-order valence-corrected chi connectivity index (χ4v) is 1.40. The summed E-state index contributed by atoms with van der Waals surface area (Å²) in [4.78, 5) is 10.1. The molecular formula is C11H14ClO2P. The number of esters is 1. The van der Waals surface area contributed by atoms with E-state index in [1.807, 2.05) is 30.3 Å². The van der Waals surface area contributed by atoms with Gasteiger partial charge in [-0.3, -0.25) is 0 Å². The summed E-state index contributed by atoms with van der Waals surface area (Å²) < 4.78 is 4.26. The number of hydrogen-bond acceptors (Lipinski definition) is 2. The second kappa shape index (κ2) is 9.70. The van der Waals surface area contributed by atoms with Crippen LogP contribution in [0.4, 0.5) is 0 Å². The Kier molecular flexibility index (Phi) is 9.15. The number of rotatable bonds is 2. The Balaban J connectivity index is 0.000000265. The average Bonchev–Trinajstić information content (AvgIpc) is 2.31. The van der Waals surface area contributed by atoms with Gasteiger partial charge in [-0.25, -0.2) is 4.79 Å². The van der Waals surface area contributed by atoms with Crippen molar-refractivity contribution in [1.82, 2.24) is 0 Å². The highest BCUT2D eigenvalue weighted by atomic mass is 35.7. The van der Waals surface area contributed by atoms with Crippen molar-refractivity contribution in [2.75, 3.05) is 7.11 Å². The number of hydrogen-bond donors (Lipinski definition) is 0. The van der Waals surface area contributed by atoms with E-state index in [9.17, 15) is 4.79 Å². The normalized spacial score (nSPS) is 10.1. The molecule has 0 aromatic heterocycles. The Morgan fingerprint density at radius 2 is 2.00 bits per heavy atom. The van der Waals surface area contributed by atoms with Crippen LogP contribution in [0.1, 0.15) is 6.92 Å². The van der Waals surface area contributed by atoms with Crippen molar-refractivity contribution in [1.29, 1.82) is 0 Å². The van der Waals surface area contributed by atoms with E-state index in [4.69, 9.17) is 11.2 Å². The Morgan fingerprint density at radius 3 is 2.27 bits per heavy atom. The van der Waals surface area contributed by atoms with Gasteiger partial charge in [-0.15, -0.1) is 0 Å². The van der Waals surface area contributed by atoms with Crippen LogP contribution in [-0.4, -0.2) is 13.1 Å². The van der Waals surface area contributed by atoms with Crippen LogP contribution < -0.4 is 5.30 Å². The predicted octanol–water partition coefficient (Wildman–Crippen LogP) is 2.88. The van der Waals surface area contributed by atoms with Gasteiger partial charge in [0.25, 0.3) is 0 Å². The highest BCUT2D eigenvalue weighted by molar-refractivity contribution is 7.74. The third kappa shape index (κ3) is 8.17. The highest BCUT2D eigenvalue weighted by Crippen LogP contribution is 2.13. The SMILES string of the molecule is C/C=C\C(=O)OC.ClPc1ccccc1. The quantitative estimate of drug-likeness (QED) is 0.454. The van der Waals surface area contributed by atoms with E-state index in [0.717, 1.165) is 0 Å². The molecule has 0 aliphatic carbocycles. The zero-order chi connectivity index (χ0) is 11.5. The van der Waals surface area contributed by atoms with Crippen molar-refractivity contribution in [3.05, 3.63) is 42.5 Å². The fourth-order valence-electron chi connectivity index (χ4n) is 0.705. The van der Waals surface area contributed by atoms with Crippen molar-refractivity contribution in [3.8, 4) is 0 Å². The monoisotopic (exact) mass is 244 g/mol. The summed E-state index contributed by atoms with van der Waals surface area (Å²) in [5, 5.41) is 1.20. The third-order valence-electron chi connectivity index (χ3n) is 1.39. The van der Waals surface area contributed by atoms with Gasteiger partial charge in [-0.05, 0) is 12.2 Å². The molecule has 2 nitrogen and oxygen atoms in total. The first kappa shape index (κ1) is 14.2. The first-order valence-electron chi connectivity index (χ1n) is 4.37. The van der Waals surface area contributed by atoms with Crippen molar-refractivity contribution in [2.24, 2.45) is 0 Å². The minimum Gasteiger partial charge on any atom is -0.466 e. The van der Waals surface area contributed by atoms with Gasteiger partial charge in [-0.1, -0.05) is 47.6 Å². The van der Waals surface area contributed by atoms with E-state index in [2.05, 4.69) is 4.74 Å². The van der Waals surface area contributed by atoms with E-state index in [-0.39, 0.29) is 5.97 Å². The van der Waals surface area contributed by atoms with Crippen LogP contribution in [0.3, 0.4) is 0 Å². The number of carbonyl (C=O) groups is 1. The van der Waals surface area contributed by atoms with Crippen LogP contribution in [0.25, 0.3) is 0 Å². The van der Waals surface area contributed by atoms with Crippen LogP contribution in [-0.2, 0) is 9.53 Å². The van der Waals surface area contributed by atoms with Gasteiger partial charge in [-0.2, -0.15) is 0 Å². The van der Waals surface area contributed by atoms with E-state index in [0.29, 0.717) is 7.93 Å². The van der Waals surface area contributed by atoms with Crippen LogP contribution in [0.15, 0.2) is 42.5 Å². The summed E-state index contributed by atoms with van der Waals surface area (Å²) in [6.45, 7) is 1.76. The van der Waals surface area contributed by atoms with Crippen molar-refractivity contribution >= 4 is 30.4 Å². The first-order valence-corrected chi connectivity index (χ1v) is 6.38. The summed E-state index contributed by atoms with van der Waals surface area (Å²) in [5.74, 6) is -0.303. The molecule has 0 N–H and O–H groups in total. The third-order valence-corrected chi connectivity index (χ3v) is 2.59. The van der Waals surface area contributed by atoms with E-state index >= 15 is 0 Å². The van der Waals surface area contributed by atoms with Gasteiger partial charge < -0.3 is 4.74 Å². The number of methoxy groups -OCH3 is 1. The van der Waals surface area contributed by atoms with Crippen LogP contribution in [0, 0.1) is 0 Å². The number of ether oxygens (including phenoxy) is 1. The molecule has 1 rings (SSSR count). The number of benzene rings is 1. The summed E-state index contributed by atoms with van der Waals surface area (Å²) >= 11 is 5.55. The lowest BCUT2D eigenvalue weighted by Crippen LogP contribution is -1.92. The van der Waals surface area contributed by atoms with Gasteiger partial charge in [0, 0.05) is 14.0 Å². The van der Waals surface area contributed by atoms with Gasteiger partial charge in [0.2, 0.25) is 0 Å². The molecule has 0 aliphatic heterocycles. The smallest absolute Gasteiger partial charge is 0.330 e. The summed E-state index contributed by atoms with van der Waals surface area (Å²) in [6.07, 6.45) is 2.99. The molecule has 0 bridgehead atoms. The van der Waals surface area contributed by atoms with Crippen molar-refractivity contribution < 1.29 is 9.53 Å². The lowest BCUT2D eigenvalue weighted by atomic mass is 10.4. The maximum Gasteiger partial charge on any atom is 0.330 e. The van der Waals surface area contributed by atoms with Crippen LogP contribution in [0.2, 0.25) is 0 Å². The topological polar surface area (TPSA) is 26.3 Å². The fraction of sp³-hybridized carbons (Fsp3) is 0.182. The second-order valence-electron chi connectivity index (χ2n) is 2.48. The lowest BCUT2D eigenvalue weighted by molar-refractivity contribution is -0.134. The molecule has 0 amide bonds. The number of halogens is 1. The molecule has 0 spiro atoms. The van der Waals surface area contributed by atoms with Gasteiger partial charge >= 0.3 is 5.97 Å². The molecule has 0 saturated carbocycles. The summed E-state index contributed by atoms with van der Waals surface area (Å²) in [6, 6.07) is 10.0. The molecule has 1 unspecified atom stereocenters. The minimum absolute atomic E-state index is 0.303. The lowest BCUT2D eigenvalue weighted by Gasteiger charge is -1.87. The van der Waals surface area contributed by atoms with Crippen LogP contribution in [0.5, 0.6) is 0 Å². The predicted molar refractivity (Wildman–Crippen MR) is 67.1 cm³/mol. The van der Waals surface area contributed by atoms with E-state index in [1.54, 1.807) is 13.0 Å². The Morgan fingerprint density at radius 1 is 1.40 bits per heavy atom. The molecule has 82 valence electrons. The largest absolute Gasteiger partial charge is 0.466 e. The highest BCUT2D eigenvalue weighted by Gasteiger charge is 1.84. The standard InChI is InChI=1S/C6H6ClP.C5H8O2/c7-8-6-4-2-1-3-5-6;1-3-4-5(6)7-2/h1-5,8H;3-4H,1-2H3/b;4-3-. The second-order valence-corrected chi connectivity index (χ2v) is 3.82. The van der Waals surface area contributed by atoms with Crippen LogP contribution >= 0.6 is 19.2 Å². The van der Waals surface area contributed by atoms with Gasteiger partial charge in [0.05, 0.1) is 7.11 Å². The molecule has 0 fully saturated rings. The molecule has 4 heteroatoms. The molecule has 0 radical (unpaired) electrons. The van der Waals surface area contributed by atoms with Crippen molar-refractivity contribution in [3.63, 3.8) is 0 Å². The Bertz CT molecular complexity index is 299. The first-order chi connectivity index (χ1) is 7.24. The zero-order valence-electron chi connectivity index (χ0n) is 8.74. The Hall–Kier alpha value is -0.850. The number of allylic oxidation sites excluding steroid dienone is 1. The van der Waals surface area contributed by atoms with Gasteiger partial charge in [0.1, 0.15) is 0 Å². The van der Waals surface area contributed by atoms with Crippen molar-refractivity contribution in [2.45, 2.75) is 6.92 Å². The Labute approximate surface area is 96.9 Å². The maximum absolute atomic E-state index is 10.1. The molecule has 0 saturated heterocycles. The molecule has 15 heavy (non-hydrogen) atoms. The average molecular weight is 245 g/mol. The summed E-state index contributed by atoms with van der Waals surface area (Å²) in [7, 11) is 1.75. The zero-order valence-corrected chi connectivity index (χ0v) is 10.5. The molecule has 1 aromatic carbocycles. The molecule has 1 atom stereocenters. The molecule has 0 heterocycles. The molecule has 1 aromatic rings. The van der Waals surface area contributed by atoms with E-state index in [1.165, 1.54) is 18.5 Å². The molecule has 0 aliphatic rings. The maximum atomic E-state index is 10.1. The van der Waals surface area contributed by atoms with Gasteiger partial charge in [0.15, 0.2) is 0 Å². The molecular weight excluding hydrogens is 231 g/mol. The number of carbonyl (C=O) groups excluding carboxylic acids is 1. The summed E-state index contributed by atoms with van der Waals surface area (Å²) in [5.41, 5.74) is 0.